The first-order valence-electron chi connectivity index (χ1n) is 7.76. The quantitative estimate of drug-likeness (QED) is 0.669. The van der Waals surface area contributed by atoms with Crippen LogP contribution in [0.25, 0.3) is 0 Å². The Morgan fingerprint density at radius 2 is 1.56 bits per heavy atom. The summed E-state index contributed by atoms with van der Waals surface area (Å²) in [6, 6.07) is 0. The van der Waals surface area contributed by atoms with Crippen molar-refractivity contribution in [3.05, 3.63) is 0 Å². The van der Waals surface area contributed by atoms with E-state index in [9.17, 15) is 4.79 Å². The molecule has 0 spiro atoms. The van der Waals surface area contributed by atoms with Crippen LogP contribution >= 0.6 is 0 Å². The van der Waals surface area contributed by atoms with Gasteiger partial charge in [-0.05, 0) is 24.2 Å². The standard InChI is InChI=1S/C16H31NO/c1-13(2)11-17(12-14(3)4)16(18)10-9-15-7-5-6-8-15/h13-15H,5-12H2,1-4H3. The van der Waals surface area contributed by atoms with Gasteiger partial charge >= 0.3 is 0 Å². The van der Waals surface area contributed by atoms with Crippen LogP contribution in [-0.4, -0.2) is 23.9 Å². The fourth-order valence-electron chi connectivity index (χ4n) is 2.94. The summed E-state index contributed by atoms with van der Waals surface area (Å²) in [7, 11) is 0. The predicted molar refractivity (Wildman–Crippen MR) is 77.4 cm³/mol. The van der Waals surface area contributed by atoms with Crippen LogP contribution in [0.2, 0.25) is 0 Å². The van der Waals surface area contributed by atoms with Crippen molar-refractivity contribution in [1.82, 2.24) is 4.90 Å². The minimum atomic E-state index is 0.379. The van der Waals surface area contributed by atoms with Crippen LogP contribution in [0.5, 0.6) is 0 Å². The third-order valence-corrected chi connectivity index (χ3v) is 3.76. The van der Waals surface area contributed by atoms with Crippen molar-refractivity contribution in [2.75, 3.05) is 13.1 Å². The second-order valence-corrected chi connectivity index (χ2v) is 6.78. The lowest BCUT2D eigenvalue weighted by Crippen LogP contribution is -2.37. The average molecular weight is 253 g/mol. The Morgan fingerprint density at radius 3 is 2.00 bits per heavy atom. The summed E-state index contributed by atoms with van der Waals surface area (Å²) in [5.74, 6) is 2.34. The van der Waals surface area contributed by atoms with Crippen LogP contribution in [0.4, 0.5) is 0 Å². The number of carbonyl (C=O) groups is 1. The van der Waals surface area contributed by atoms with Gasteiger partial charge in [0.2, 0.25) is 5.91 Å². The molecule has 2 nitrogen and oxygen atoms in total. The Bertz CT molecular complexity index is 231. The average Bonchev–Trinajstić information content (AvgIpc) is 2.76. The van der Waals surface area contributed by atoms with Gasteiger partial charge in [0.25, 0.3) is 0 Å². The molecule has 0 saturated heterocycles. The highest BCUT2D eigenvalue weighted by molar-refractivity contribution is 5.76. The van der Waals surface area contributed by atoms with Gasteiger partial charge in [0.05, 0.1) is 0 Å². The number of hydrogen-bond donors (Lipinski definition) is 0. The Hall–Kier alpha value is -0.530. The van der Waals surface area contributed by atoms with E-state index in [1.165, 1.54) is 25.7 Å². The molecule has 0 bridgehead atoms. The van der Waals surface area contributed by atoms with Crippen LogP contribution < -0.4 is 0 Å². The summed E-state index contributed by atoms with van der Waals surface area (Å²) in [6.07, 6.45) is 7.33. The minimum Gasteiger partial charge on any atom is -0.342 e. The lowest BCUT2D eigenvalue weighted by Gasteiger charge is -2.27. The second-order valence-electron chi connectivity index (χ2n) is 6.78. The van der Waals surface area contributed by atoms with Gasteiger partial charge in [0.15, 0.2) is 0 Å². The first kappa shape index (κ1) is 15.5. The van der Waals surface area contributed by atoms with Gasteiger partial charge in [-0.2, -0.15) is 0 Å². The lowest BCUT2D eigenvalue weighted by molar-refractivity contribution is -0.132. The zero-order valence-electron chi connectivity index (χ0n) is 12.7. The van der Waals surface area contributed by atoms with E-state index in [2.05, 4.69) is 32.6 Å². The molecule has 0 heterocycles. The maximum absolute atomic E-state index is 12.3. The highest BCUT2D eigenvalue weighted by Crippen LogP contribution is 2.28. The number of nitrogens with zero attached hydrogens (tertiary/aromatic N) is 1. The van der Waals surface area contributed by atoms with Crippen LogP contribution in [0.15, 0.2) is 0 Å². The molecule has 1 rings (SSSR count). The van der Waals surface area contributed by atoms with Crippen molar-refractivity contribution in [2.45, 2.75) is 66.2 Å². The van der Waals surface area contributed by atoms with E-state index in [4.69, 9.17) is 0 Å². The number of carbonyl (C=O) groups excluding carboxylic acids is 1. The molecule has 1 saturated carbocycles. The van der Waals surface area contributed by atoms with Gasteiger partial charge in [-0.25, -0.2) is 0 Å². The summed E-state index contributed by atoms with van der Waals surface area (Å²) >= 11 is 0. The summed E-state index contributed by atoms with van der Waals surface area (Å²) in [5.41, 5.74) is 0. The zero-order chi connectivity index (χ0) is 13.5. The maximum Gasteiger partial charge on any atom is 0.222 e. The Balaban J connectivity index is 2.36. The topological polar surface area (TPSA) is 20.3 Å². The minimum absolute atomic E-state index is 0.379. The summed E-state index contributed by atoms with van der Waals surface area (Å²) < 4.78 is 0. The number of hydrogen-bond acceptors (Lipinski definition) is 1. The molecular formula is C16H31NO. The van der Waals surface area contributed by atoms with E-state index in [-0.39, 0.29) is 0 Å². The van der Waals surface area contributed by atoms with Crippen molar-refractivity contribution in [3.63, 3.8) is 0 Å². The largest absolute Gasteiger partial charge is 0.342 e. The van der Waals surface area contributed by atoms with Crippen LogP contribution in [0.1, 0.15) is 66.2 Å². The highest BCUT2D eigenvalue weighted by Gasteiger charge is 2.20. The first-order chi connectivity index (χ1) is 8.49. The van der Waals surface area contributed by atoms with Crippen molar-refractivity contribution < 1.29 is 4.79 Å². The molecule has 18 heavy (non-hydrogen) atoms. The monoisotopic (exact) mass is 253 g/mol. The van der Waals surface area contributed by atoms with Crippen molar-refractivity contribution in [1.29, 1.82) is 0 Å². The molecule has 0 aromatic carbocycles. The normalized spacial score (nSPS) is 16.8. The van der Waals surface area contributed by atoms with E-state index in [0.717, 1.165) is 31.8 Å². The molecule has 0 aromatic heterocycles. The highest BCUT2D eigenvalue weighted by atomic mass is 16.2. The SMILES string of the molecule is CC(C)CN(CC(C)C)C(=O)CCC1CCCC1. The van der Waals surface area contributed by atoms with Crippen molar-refractivity contribution >= 4 is 5.91 Å². The van der Waals surface area contributed by atoms with Gasteiger partial charge in [0.1, 0.15) is 0 Å². The first-order valence-corrected chi connectivity index (χ1v) is 7.76. The Labute approximate surface area is 113 Å². The third kappa shape index (κ3) is 5.88. The Kier molecular flexibility index (Phi) is 6.73. The zero-order valence-corrected chi connectivity index (χ0v) is 12.7. The predicted octanol–water partition coefficient (Wildman–Crippen LogP) is 4.10. The molecular weight excluding hydrogens is 222 g/mol. The molecule has 106 valence electrons. The molecule has 1 aliphatic carbocycles. The van der Waals surface area contributed by atoms with Gasteiger partial charge in [-0.3, -0.25) is 4.79 Å². The smallest absolute Gasteiger partial charge is 0.222 e. The van der Waals surface area contributed by atoms with Gasteiger partial charge in [-0.1, -0.05) is 53.4 Å². The molecule has 1 amide bonds. The van der Waals surface area contributed by atoms with Crippen LogP contribution in [-0.2, 0) is 4.79 Å². The molecule has 0 radical (unpaired) electrons. The molecule has 2 heteroatoms. The maximum atomic E-state index is 12.3. The summed E-state index contributed by atoms with van der Waals surface area (Å²) in [5, 5.41) is 0. The van der Waals surface area contributed by atoms with Crippen molar-refractivity contribution in [3.8, 4) is 0 Å². The third-order valence-electron chi connectivity index (χ3n) is 3.76. The molecule has 1 aliphatic rings. The molecule has 0 aromatic rings. The van der Waals surface area contributed by atoms with E-state index < -0.39 is 0 Å². The van der Waals surface area contributed by atoms with E-state index in [1.54, 1.807) is 0 Å². The number of rotatable bonds is 7. The lowest BCUT2D eigenvalue weighted by atomic mass is 10.0. The van der Waals surface area contributed by atoms with Gasteiger partial charge in [-0.15, -0.1) is 0 Å². The molecule has 1 fully saturated rings. The fourth-order valence-corrected chi connectivity index (χ4v) is 2.94. The van der Waals surface area contributed by atoms with E-state index in [0.29, 0.717) is 17.7 Å². The van der Waals surface area contributed by atoms with Crippen LogP contribution in [0.3, 0.4) is 0 Å². The molecule has 0 atom stereocenters. The van der Waals surface area contributed by atoms with E-state index >= 15 is 0 Å². The summed E-state index contributed by atoms with van der Waals surface area (Å²) in [4.78, 5) is 14.4. The molecule has 0 aliphatic heterocycles. The fraction of sp³-hybridized carbons (Fsp3) is 0.938. The van der Waals surface area contributed by atoms with Crippen LogP contribution in [0, 0.1) is 17.8 Å². The van der Waals surface area contributed by atoms with Crippen molar-refractivity contribution in [2.24, 2.45) is 17.8 Å². The van der Waals surface area contributed by atoms with Gasteiger partial charge in [0, 0.05) is 19.5 Å². The summed E-state index contributed by atoms with van der Waals surface area (Å²) in [6.45, 7) is 10.6. The van der Waals surface area contributed by atoms with E-state index in [1.807, 2.05) is 0 Å². The second kappa shape index (κ2) is 7.81. The molecule has 0 unspecified atom stereocenters. The van der Waals surface area contributed by atoms with Gasteiger partial charge < -0.3 is 4.90 Å². The Morgan fingerprint density at radius 1 is 1.06 bits per heavy atom. The number of amides is 1. The molecule has 0 N–H and O–H groups in total.